The summed E-state index contributed by atoms with van der Waals surface area (Å²) in [6, 6.07) is 9.92. The van der Waals surface area contributed by atoms with Crippen molar-refractivity contribution in [2.75, 3.05) is 12.4 Å². The van der Waals surface area contributed by atoms with Gasteiger partial charge < -0.3 is 14.8 Å². The van der Waals surface area contributed by atoms with E-state index in [0.29, 0.717) is 17.4 Å². The highest BCUT2D eigenvalue weighted by Crippen LogP contribution is 2.29. The van der Waals surface area contributed by atoms with E-state index in [1.54, 1.807) is 13.0 Å². The molecule has 0 aromatic heterocycles. The van der Waals surface area contributed by atoms with Gasteiger partial charge in [0.1, 0.15) is 17.2 Å². The van der Waals surface area contributed by atoms with E-state index >= 15 is 0 Å². The number of nitrogens with zero attached hydrogens (tertiary/aromatic N) is 1. The van der Waals surface area contributed by atoms with Crippen LogP contribution in [-0.2, 0) is 4.79 Å². The molecule has 7 nitrogen and oxygen atoms in total. The number of rotatable bonds is 7. The highest BCUT2D eigenvalue weighted by atomic mass is 16.6. The fraction of sp³-hybridized carbons (Fsp3) is 0.350. The molecular formula is C20H24N2O5. The lowest BCUT2D eigenvalue weighted by atomic mass is 9.98. The number of anilines is 1. The number of methoxy groups -OCH3 is 1. The maximum absolute atomic E-state index is 12.4. The topological polar surface area (TPSA) is 90.7 Å². The van der Waals surface area contributed by atoms with E-state index in [9.17, 15) is 14.9 Å². The Labute approximate surface area is 158 Å². The minimum atomic E-state index is -0.823. The van der Waals surface area contributed by atoms with E-state index in [-0.39, 0.29) is 11.4 Å². The summed E-state index contributed by atoms with van der Waals surface area (Å²) in [6.07, 6.45) is -0.823. The normalized spacial score (nSPS) is 11.8. The van der Waals surface area contributed by atoms with Gasteiger partial charge in [0, 0.05) is 0 Å². The van der Waals surface area contributed by atoms with Gasteiger partial charge in [0.15, 0.2) is 6.10 Å². The van der Waals surface area contributed by atoms with Gasteiger partial charge >= 0.3 is 0 Å². The smallest absolute Gasteiger partial charge is 0.296 e. The number of amides is 1. The summed E-state index contributed by atoms with van der Waals surface area (Å²) in [7, 11) is 1.42. The minimum Gasteiger partial charge on any atom is -0.496 e. The Morgan fingerprint density at radius 3 is 2.33 bits per heavy atom. The van der Waals surface area contributed by atoms with Crippen LogP contribution >= 0.6 is 0 Å². The molecule has 0 bridgehead atoms. The summed E-state index contributed by atoms with van der Waals surface area (Å²) in [5, 5.41) is 13.8. The lowest BCUT2D eigenvalue weighted by Crippen LogP contribution is -2.30. The molecule has 0 spiro atoms. The number of carbonyl (C=O) groups excluding carboxylic acids is 1. The molecule has 0 radical (unpaired) electrons. The van der Waals surface area contributed by atoms with Crippen LogP contribution in [0.4, 0.5) is 11.4 Å². The first-order chi connectivity index (χ1) is 12.7. The molecule has 0 heterocycles. The molecule has 27 heavy (non-hydrogen) atoms. The van der Waals surface area contributed by atoms with Crippen LogP contribution in [0.15, 0.2) is 36.4 Å². The van der Waals surface area contributed by atoms with Gasteiger partial charge in [-0.1, -0.05) is 19.9 Å². The first kappa shape index (κ1) is 20.2. The third kappa shape index (κ3) is 4.97. The molecule has 1 atom stereocenters. The van der Waals surface area contributed by atoms with Crippen LogP contribution in [0.5, 0.6) is 11.5 Å². The van der Waals surface area contributed by atoms with Gasteiger partial charge in [-0.2, -0.15) is 0 Å². The van der Waals surface area contributed by atoms with Crippen LogP contribution in [0.3, 0.4) is 0 Å². The Hall–Kier alpha value is -3.09. The van der Waals surface area contributed by atoms with Gasteiger partial charge in [-0.15, -0.1) is 0 Å². The third-order valence-corrected chi connectivity index (χ3v) is 4.20. The predicted molar refractivity (Wildman–Crippen MR) is 104 cm³/mol. The molecule has 0 saturated heterocycles. The van der Waals surface area contributed by atoms with Gasteiger partial charge in [0.25, 0.3) is 11.6 Å². The van der Waals surface area contributed by atoms with Crippen LogP contribution in [0, 0.1) is 17.0 Å². The zero-order valence-corrected chi connectivity index (χ0v) is 16.1. The van der Waals surface area contributed by atoms with Crippen molar-refractivity contribution in [1.82, 2.24) is 0 Å². The largest absolute Gasteiger partial charge is 0.496 e. The van der Waals surface area contributed by atoms with Crippen LogP contribution in [0.1, 0.15) is 37.8 Å². The Morgan fingerprint density at radius 1 is 1.11 bits per heavy atom. The molecule has 1 amide bonds. The Balaban J connectivity index is 2.12. The maximum atomic E-state index is 12.4. The van der Waals surface area contributed by atoms with E-state index in [1.165, 1.54) is 24.8 Å². The van der Waals surface area contributed by atoms with Crippen molar-refractivity contribution < 1.29 is 19.2 Å². The van der Waals surface area contributed by atoms with E-state index in [2.05, 4.69) is 19.2 Å². The molecule has 2 rings (SSSR count). The number of nitro groups is 1. The number of nitrogens with one attached hydrogen (secondary N) is 1. The van der Waals surface area contributed by atoms with Crippen molar-refractivity contribution in [2.45, 2.75) is 39.7 Å². The van der Waals surface area contributed by atoms with Crippen molar-refractivity contribution >= 4 is 17.3 Å². The standard InChI is InChI=1S/C20H24N2O5/c1-12(2)17-8-6-16(10-13(17)3)27-14(4)20(23)21-18-9-7-15(26-5)11-19(18)22(24)25/h6-12,14H,1-5H3,(H,21,23). The van der Waals surface area contributed by atoms with E-state index in [0.717, 1.165) is 5.56 Å². The lowest BCUT2D eigenvalue weighted by Gasteiger charge is -2.17. The summed E-state index contributed by atoms with van der Waals surface area (Å²) in [5.74, 6) is 0.831. The molecule has 1 unspecified atom stereocenters. The zero-order valence-electron chi connectivity index (χ0n) is 16.1. The maximum Gasteiger partial charge on any atom is 0.296 e. The molecule has 0 aliphatic heterocycles. The van der Waals surface area contributed by atoms with Crippen LogP contribution in [-0.4, -0.2) is 24.0 Å². The second-order valence-electron chi connectivity index (χ2n) is 6.56. The number of hydrogen-bond donors (Lipinski definition) is 1. The van der Waals surface area contributed by atoms with Gasteiger partial charge in [-0.25, -0.2) is 0 Å². The zero-order chi connectivity index (χ0) is 20.1. The number of nitro benzene ring substituents is 1. The molecule has 2 aromatic carbocycles. The highest BCUT2D eigenvalue weighted by molar-refractivity contribution is 5.96. The molecule has 2 aromatic rings. The average molecular weight is 372 g/mol. The number of hydrogen-bond acceptors (Lipinski definition) is 5. The molecule has 1 N–H and O–H groups in total. The number of aryl methyl sites for hydroxylation is 1. The van der Waals surface area contributed by atoms with Crippen LogP contribution in [0.2, 0.25) is 0 Å². The minimum absolute atomic E-state index is 0.0904. The number of benzene rings is 2. The summed E-state index contributed by atoms with van der Waals surface area (Å²) < 4.78 is 10.7. The number of carbonyl (C=O) groups is 1. The fourth-order valence-corrected chi connectivity index (χ4v) is 2.76. The summed E-state index contributed by atoms with van der Waals surface area (Å²) >= 11 is 0. The molecule has 0 aliphatic carbocycles. The molecular weight excluding hydrogens is 348 g/mol. The fourth-order valence-electron chi connectivity index (χ4n) is 2.76. The predicted octanol–water partition coefficient (Wildman–Crippen LogP) is 4.44. The summed E-state index contributed by atoms with van der Waals surface area (Å²) in [6.45, 7) is 7.81. The molecule has 0 aliphatic rings. The second-order valence-corrected chi connectivity index (χ2v) is 6.56. The van der Waals surface area contributed by atoms with Crippen molar-refractivity contribution in [2.24, 2.45) is 0 Å². The van der Waals surface area contributed by atoms with Gasteiger partial charge in [0.2, 0.25) is 0 Å². The first-order valence-corrected chi connectivity index (χ1v) is 8.63. The monoisotopic (exact) mass is 372 g/mol. The van der Waals surface area contributed by atoms with Crippen molar-refractivity contribution in [3.8, 4) is 11.5 Å². The Bertz CT molecular complexity index is 848. The van der Waals surface area contributed by atoms with Gasteiger partial charge in [-0.3, -0.25) is 14.9 Å². The van der Waals surface area contributed by atoms with E-state index < -0.39 is 16.9 Å². The first-order valence-electron chi connectivity index (χ1n) is 8.63. The molecule has 0 saturated carbocycles. The van der Waals surface area contributed by atoms with Gasteiger partial charge in [0.05, 0.1) is 18.1 Å². The van der Waals surface area contributed by atoms with Crippen LogP contribution < -0.4 is 14.8 Å². The highest BCUT2D eigenvalue weighted by Gasteiger charge is 2.21. The number of ether oxygens (including phenoxy) is 2. The SMILES string of the molecule is COc1ccc(NC(=O)C(C)Oc2ccc(C(C)C)c(C)c2)c([N+](=O)[O-])c1. The Kier molecular flexibility index (Phi) is 6.39. The summed E-state index contributed by atoms with van der Waals surface area (Å²) in [4.78, 5) is 23.1. The third-order valence-electron chi connectivity index (χ3n) is 4.20. The van der Waals surface area contributed by atoms with Crippen molar-refractivity contribution in [3.63, 3.8) is 0 Å². The van der Waals surface area contributed by atoms with Gasteiger partial charge in [-0.05, 0) is 55.2 Å². The van der Waals surface area contributed by atoms with Crippen molar-refractivity contribution in [3.05, 3.63) is 57.6 Å². The van der Waals surface area contributed by atoms with E-state index in [4.69, 9.17) is 9.47 Å². The molecule has 144 valence electrons. The van der Waals surface area contributed by atoms with Crippen LogP contribution in [0.25, 0.3) is 0 Å². The molecule has 0 fully saturated rings. The quantitative estimate of drug-likeness (QED) is 0.573. The lowest BCUT2D eigenvalue weighted by molar-refractivity contribution is -0.384. The molecule has 7 heteroatoms. The average Bonchev–Trinajstić information content (AvgIpc) is 2.61. The van der Waals surface area contributed by atoms with Crippen molar-refractivity contribution in [1.29, 1.82) is 0 Å². The summed E-state index contributed by atoms with van der Waals surface area (Å²) in [5.41, 5.74) is 2.15. The second kappa shape index (κ2) is 8.53. The Morgan fingerprint density at radius 2 is 1.78 bits per heavy atom. The van der Waals surface area contributed by atoms with E-state index in [1.807, 2.05) is 25.1 Å².